The van der Waals surface area contributed by atoms with Gasteiger partial charge in [0.15, 0.2) is 5.13 Å². The largest absolute Gasteiger partial charge is 0.434 e. The highest BCUT2D eigenvalue weighted by Gasteiger charge is 2.37. The summed E-state index contributed by atoms with van der Waals surface area (Å²) in [5.74, 6) is -0.580. The van der Waals surface area contributed by atoms with Crippen LogP contribution < -0.4 is 10.2 Å². The molecule has 0 saturated carbocycles. The Kier molecular flexibility index (Phi) is 3.58. The number of urea groups is 1. The zero-order chi connectivity index (χ0) is 16.5. The van der Waals surface area contributed by atoms with Crippen molar-refractivity contribution in [2.45, 2.75) is 6.23 Å². The van der Waals surface area contributed by atoms with Gasteiger partial charge < -0.3 is 10.1 Å². The fraction of sp³-hybridized carbons (Fsp3) is 0.125. The van der Waals surface area contributed by atoms with Crippen LogP contribution in [0.3, 0.4) is 0 Å². The number of anilines is 1. The van der Waals surface area contributed by atoms with Crippen molar-refractivity contribution >= 4 is 38.7 Å². The first kappa shape index (κ1) is 14.6. The maximum absolute atomic E-state index is 12.2. The Hall–Kier alpha value is -3.00. The number of esters is 1. The molecule has 2 amide bonds. The molecule has 1 N–H and O–H groups in total. The van der Waals surface area contributed by atoms with E-state index >= 15 is 0 Å². The summed E-state index contributed by atoms with van der Waals surface area (Å²) >= 11 is 1.37. The molecule has 1 aliphatic heterocycles. The number of para-hydroxylation sites is 1. The molecule has 4 rings (SSSR count). The average Bonchev–Trinajstić information content (AvgIpc) is 3.18. The van der Waals surface area contributed by atoms with E-state index in [1.807, 2.05) is 24.3 Å². The lowest BCUT2D eigenvalue weighted by Gasteiger charge is -2.19. The van der Waals surface area contributed by atoms with E-state index in [1.54, 1.807) is 18.2 Å². The van der Waals surface area contributed by atoms with Crippen LogP contribution in [0, 0.1) is 0 Å². The van der Waals surface area contributed by atoms with E-state index in [-0.39, 0.29) is 18.3 Å². The van der Waals surface area contributed by atoms with Crippen LogP contribution in [0.4, 0.5) is 9.93 Å². The minimum absolute atomic E-state index is 0.195. The monoisotopic (exact) mass is 340 g/mol. The quantitative estimate of drug-likeness (QED) is 0.740. The Morgan fingerprint density at radius 2 is 2.08 bits per heavy atom. The summed E-state index contributed by atoms with van der Waals surface area (Å²) in [5, 5.41) is 3.17. The number of pyridine rings is 1. The number of carbonyl (C=O) groups is 2. The molecule has 1 aromatic carbocycles. The molecule has 24 heavy (non-hydrogen) atoms. The van der Waals surface area contributed by atoms with Gasteiger partial charge in [0.25, 0.3) is 0 Å². The maximum Gasteiger partial charge on any atom is 0.358 e. The standard InChI is InChI=1S/C16H12N4O3S/c21-14(11-6-3-4-8-17-11)23-13-9-18-15(22)20(13)16-19-10-5-1-2-7-12(10)24-16/h1-8,13H,9H2,(H,18,22). The molecular formula is C16H12N4O3S. The van der Waals surface area contributed by atoms with Crippen LogP contribution in [0.2, 0.25) is 0 Å². The number of hydrogen-bond donors (Lipinski definition) is 1. The van der Waals surface area contributed by atoms with E-state index in [9.17, 15) is 9.59 Å². The Bertz CT molecular complexity index is 879. The van der Waals surface area contributed by atoms with E-state index in [4.69, 9.17) is 4.74 Å². The van der Waals surface area contributed by atoms with Crippen molar-refractivity contribution in [2.75, 3.05) is 11.4 Å². The molecule has 120 valence electrons. The first-order valence-electron chi connectivity index (χ1n) is 7.27. The van der Waals surface area contributed by atoms with Crippen molar-refractivity contribution in [3.8, 4) is 0 Å². The number of amides is 2. The van der Waals surface area contributed by atoms with Crippen LogP contribution in [-0.2, 0) is 4.74 Å². The van der Waals surface area contributed by atoms with E-state index in [0.29, 0.717) is 5.13 Å². The molecule has 0 spiro atoms. The number of nitrogens with zero attached hydrogens (tertiary/aromatic N) is 3. The Morgan fingerprint density at radius 3 is 2.88 bits per heavy atom. The van der Waals surface area contributed by atoms with Gasteiger partial charge in [0.1, 0.15) is 5.69 Å². The maximum atomic E-state index is 12.2. The van der Waals surface area contributed by atoms with Gasteiger partial charge in [-0.25, -0.2) is 24.5 Å². The van der Waals surface area contributed by atoms with Crippen molar-refractivity contribution in [3.63, 3.8) is 0 Å². The number of nitrogens with one attached hydrogen (secondary N) is 1. The second-order valence-electron chi connectivity index (χ2n) is 5.10. The lowest BCUT2D eigenvalue weighted by atomic mass is 10.3. The summed E-state index contributed by atoms with van der Waals surface area (Å²) in [6, 6.07) is 12.2. The lowest BCUT2D eigenvalue weighted by molar-refractivity contribution is 0.0346. The third kappa shape index (κ3) is 2.56. The molecule has 1 aliphatic rings. The molecule has 0 aliphatic carbocycles. The summed E-state index contributed by atoms with van der Waals surface area (Å²) < 4.78 is 6.40. The first-order chi connectivity index (χ1) is 11.7. The first-order valence-corrected chi connectivity index (χ1v) is 8.09. The predicted molar refractivity (Wildman–Crippen MR) is 88.9 cm³/mol. The van der Waals surface area contributed by atoms with Gasteiger partial charge in [-0.05, 0) is 24.3 Å². The number of aromatic nitrogens is 2. The van der Waals surface area contributed by atoms with Gasteiger partial charge in [-0.1, -0.05) is 29.5 Å². The molecule has 3 heterocycles. The number of thiazole rings is 1. The predicted octanol–water partition coefficient (Wildman–Crippen LogP) is 2.40. The highest BCUT2D eigenvalue weighted by molar-refractivity contribution is 7.22. The van der Waals surface area contributed by atoms with Gasteiger partial charge in [0.05, 0.1) is 16.8 Å². The average molecular weight is 340 g/mol. The van der Waals surface area contributed by atoms with Crippen LogP contribution in [0.15, 0.2) is 48.7 Å². The number of fused-ring (bicyclic) bond motifs is 1. The third-order valence-corrected chi connectivity index (χ3v) is 4.58. The fourth-order valence-corrected chi connectivity index (χ4v) is 3.42. The van der Waals surface area contributed by atoms with E-state index < -0.39 is 12.2 Å². The molecule has 1 unspecified atom stereocenters. The topological polar surface area (TPSA) is 84.4 Å². The van der Waals surface area contributed by atoms with Crippen LogP contribution >= 0.6 is 11.3 Å². The molecule has 2 aromatic heterocycles. The number of hydrogen-bond acceptors (Lipinski definition) is 6. The van der Waals surface area contributed by atoms with Gasteiger partial charge in [0, 0.05) is 6.20 Å². The second kappa shape index (κ2) is 5.89. The van der Waals surface area contributed by atoms with Crippen molar-refractivity contribution in [1.82, 2.24) is 15.3 Å². The highest BCUT2D eigenvalue weighted by atomic mass is 32.1. The molecule has 0 radical (unpaired) electrons. The minimum atomic E-state index is -0.757. The van der Waals surface area contributed by atoms with Gasteiger partial charge >= 0.3 is 12.0 Å². The van der Waals surface area contributed by atoms with Gasteiger partial charge in [-0.3, -0.25) is 0 Å². The van der Waals surface area contributed by atoms with Gasteiger partial charge in [0.2, 0.25) is 6.23 Å². The normalized spacial score (nSPS) is 17.1. The molecule has 8 heteroatoms. The van der Waals surface area contributed by atoms with Gasteiger partial charge in [-0.15, -0.1) is 0 Å². The van der Waals surface area contributed by atoms with Crippen LogP contribution in [0.1, 0.15) is 10.5 Å². The third-order valence-electron chi connectivity index (χ3n) is 3.54. The Balaban J connectivity index is 1.61. The number of rotatable bonds is 3. The minimum Gasteiger partial charge on any atom is -0.434 e. The number of ether oxygens (including phenoxy) is 1. The summed E-state index contributed by atoms with van der Waals surface area (Å²) in [6.07, 6.45) is 0.757. The number of benzene rings is 1. The Morgan fingerprint density at radius 1 is 1.25 bits per heavy atom. The molecule has 1 fully saturated rings. The van der Waals surface area contributed by atoms with Crippen LogP contribution in [0.5, 0.6) is 0 Å². The molecular weight excluding hydrogens is 328 g/mol. The van der Waals surface area contributed by atoms with Crippen LogP contribution in [-0.4, -0.2) is 34.7 Å². The SMILES string of the molecule is O=C(OC1CNC(=O)N1c1nc2ccccc2s1)c1ccccn1. The highest BCUT2D eigenvalue weighted by Crippen LogP contribution is 2.31. The zero-order valence-electron chi connectivity index (χ0n) is 12.4. The molecule has 3 aromatic rings. The molecule has 7 nitrogen and oxygen atoms in total. The second-order valence-corrected chi connectivity index (χ2v) is 6.10. The van der Waals surface area contributed by atoms with E-state index in [1.165, 1.54) is 22.4 Å². The number of carbonyl (C=O) groups excluding carboxylic acids is 2. The van der Waals surface area contributed by atoms with Crippen LogP contribution in [0.25, 0.3) is 10.2 Å². The summed E-state index contributed by atoms with van der Waals surface area (Å²) in [6.45, 7) is 0.202. The zero-order valence-corrected chi connectivity index (χ0v) is 13.2. The van der Waals surface area contributed by atoms with E-state index in [0.717, 1.165) is 10.2 Å². The summed E-state index contributed by atoms with van der Waals surface area (Å²) in [5.41, 5.74) is 0.994. The fourth-order valence-electron chi connectivity index (χ4n) is 2.42. The molecule has 0 bridgehead atoms. The smallest absolute Gasteiger partial charge is 0.358 e. The van der Waals surface area contributed by atoms with Crippen molar-refractivity contribution in [3.05, 3.63) is 54.4 Å². The molecule has 1 saturated heterocycles. The van der Waals surface area contributed by atoms with E-state index in [2.05, 4.69) is 15.3 Å². The Labute approximate surface area is 140 Å². The molecule has 1 atom stereocenters. The van der Waals surface area contributed by atoms with Crippen molar-refractivity contribution in [2.24, 2.45) is 0 Å². The lowest BCUT2D eigenvalue weighted by Crippen LogP contribution is -2.37. The summed E-state index contributed by atoms with van der Waals surface area (Å²) in [7, 11) is 0. The van der Waals surface area contributed by atoms with Crippen molar-refractivity contribution in [1.29, 1.82) is 0 Å². The van der Waals surface area contributed by atoms with Crippen molar-refractivity contribution < 1.29 is 14.3 Å². The summed E-state index contributed by atoms with van der Waals surface area (Å²) in [4.78, 5) is 34.1. The van der Waals surface area contributed by atoms with Gasteiger partial charge in [-0.2, -0.15) is 0 Å².